The van der Waals surface area contributed by atoms with Gasteiger partial charge in [0.1, 0.15) is 11.5 Å². The fraction of sp³-hybridized carbons (Fsp3) is 0.381. The number of carbonyl (C=O) groups excluding carboxylic acids is 3. The van der Waals surface area contributed by atoms with Gasteiger partial charge in [0, 0.05) is 23.4 Å². The van der Waals surface area contributed by atoms with Gasteiger partial charge < -0.3 is 14.6 Å². The van der Waals surface area contributed by atoms with Crippen LogP contribution in [0.2, 0.25) is 0 Å². The molecule has 0 aliphatic heterocycles. The first kappa shape index (κ1) is 21.3. The van der Waals surface area contributed by atoms with E-state index in [-0.39, 0.29) is 24.0 Å². The number of ketones is 1. The Kier molecular flexibility index (Phi) is 6.72. The van der Waals surface area contributed by atoms with Crippen molar-refractivity contribution in [3.63, 3.8) is 0 Å². The Morgan fingerprint density at radius 3 is 2.29 bits per heavy atom. The maximum Gasteiger partial charge on any atom is 0.355 e. The second-order valence-electron chi connectivity index (χ2n) is 6.48. The van der Waals surface area contributed by atoms with Crippen molar-refractivity contribution in [3.05, 3.63) is 58.2 Å². The maximum atomic E-state index is 13.1. The van der Waals surface area contributed by atoms with Crippen LogP contribution >= 0.6 is 0 Å². The summed E-state index contributed by atoms with van der Waals surface area (Å²) in [7, 11) is 0. The molecule has 0 saturated heterocycles. The van der Waals surface area contributed by atoms with Crippen molar-refractivity contribution in [2.45, 2.75) is 40.7 Å². The van der Waals surface area contributed by atoms with Gasteiger partial charge in [0.25, 0.3) is 5.91 Å². The summed E-state index contributed by atoms with van der Waals surface area (Å²) in [5.74, 6) is -1.60. The van der Waals surface area contributed by atoms with Gasteiger partial charge in [-0.2, -0.15) is 0 Å². The van der Waals surface area contributed by atoms with E-state index in [9.17, 15) is 18.8 Å². The largest absolute Gasteiger partial charge is 0.461 e. The number of Topliss-reactive ketones (excluding diaryl/α,β-unsaturated/α-hetero) is 1. The highest BCUT2D eigenvalue weighted by Crippen LogP contribution is 2.23. The smallest absolute Gasteiger partial charge is 0.355 e. The van der Waals surface area contributed by atoms with Gasteiger partial charge in [0.15, 0.2) is 5.78 Å². The van der Waals surface area contributed by atoms with Crippen LogP contribution in [0.4, 0.5) is 4.39 Å². The number of rotatable bonds is 7. The lowest BCUT2D eigenvalue weighted by molar-refractivity contribution is 0.0519. The summed E-state index contributed by atoms with van der Waals surface area (Å²) in [4.78, 5) is 42.4. The van der Waals surface area contributed by atoms with Crippen molar-refractivity contribution in [3.8, 4) is 0 Å². The molecule has 7 heteroatoms. The topological polar surface area (TPSA) is 79.5 Å². The number of halogens is 1. The van der Waals surface area contributed by atoms with Crippen molar-refractivity contribution in [2.24, 2.45) is 0 Å². The predicted molar refractivity (Wildman–Crippen MR) is 103 cm³/mol. The zero-order valence-corrected chi connectivity index (χ0v) is 16.8. The molecule has 0 radical (unpaired) electrons. The first-order chi connectivity index (χ1) is 13.2. The molecule has 0 aliphatic rings. The molecule has 2 rings (SSSR count). The van der Waals surface area contributed by atoms with Crippen LogP contribution in [0, 0.1) is 19.7 Å². The fourth-order valence-corrected chi connectivity index (χ4v) is 3.23. The highest BCUT2D eigenvalue weighted by atomic mass is 19.1. The quantitative estimate of drug-likeness (QED) is 0.580. The van der Waals surface area contributed by atoms with Gasteiger partial charge in [0.2, 0.25) is 0 Å². The minimum Gasteiger partial charge on any atom is -0.461 e. The molecule has 0 fully saturated rings. The molecule has 6 nitrogen and oxygen atoms in total. The summed E-state index contributed by atoms with van der Waals surface area (Å²) in [6, 6.07) is 4.44. The first-order valence-corrected chi connectivity index (χ1v) is 9.19. The van der Waals surface area contributed by atoms with E-state index in [4.69, 9.17) is 4.74 Å². The van der Waals surface area contributed by atoms with E-state index >= 15 is 0 Å². The maximum absolute atomic E-state index is 13.1. The lowest BCUT2D eigenvalue weighted by Gasteiger charge is -2.27. The molecular formula is C21H25FN2O4. The Balaban J connectivity index is 2.33. The highest BCUT2D eigenvalue weighted by molar-refractivity contribution is 6.07. The molecule has 0 bridgehead atoms. The number of nitrogens with one attached hydrogen (secondary N) is 1. The average Bonchev–Trinajstić information content (AvgIpc) is 2.96. The van der Waals surface area contributed by atoms with Gasteiger partial charge in [-0.05, 0) is 64.4 Å². The van der Waals surface area contributed by atoms with Gasteiger partial charge in [-0.15, -0.1) is 0 Å². The van der Waals surface area contributed by atoms with Crippen molar-refractivity contribution in [2.75, 3.05) is 13.2 Å². The summed E-state index contributed by atoms with van der Waals surface area (Å²) in [5, 5.41) is 0. The third-order valence-electron chi connectivity index (χ3n) is 4.70. The van der Waals surface area contributed by atoms with E-state index in [0.717, 1.165) is 0 Å². The highest BCUT2D eigenvalue weighted by Gasteiger charge is 2.31. The number of hydrogen-bond donors (Lipinski definition) is 1. The zero-order valence-electron chi connectivity index (χ0n) is 16.8. The lowest BCUT2D eigenvalue weighted by Crippen LogP contribution is -2.43. The van der Waals surface area contributed by atoms with Crippen molar-refractivity contribution < 1.29 is 23.5 Å². The molecule has 1 heterocycles. The number of esters is 1. The van der Waals surface area contributed by atoms with Gasteiger partial charge in [-0.1, -0.05) is 0 Å². The Morgan fingerprint density at radius 2 is 1.75 bits per heavy atom. The number of aromatic amines is 1. The monoisotopic (exact) mass is 388 g/mol. The summed E-state index contributed by atoms with van der Waals surface area (Å²) in [6.07, 6.45) is 0. The molecule has 0 saturated carbocycles. The van der Waals surface area contributed by atoms with Crippen molar-refractivity contribution >= 4 is 17.7 Å². The Bertz CT molecular complexity index is 887. The molecule has 2 aromatic rings. The van der Waals surface area contributed by atoms with Crippen LogP contribution in [0.1, 0.15) is 63.2 Å². The third kappa shape index (κ3) is 4.13. The molecule has 1 atom stereocenters. The number of nitrogens with zero attached hydrogens (tertiary/aromatic N) is 1. The van der Waals surface area contributed by atoms with Gasteiger partial charge in [-0.3, -0.25) is 9.59 Å². The normalized spacial score (nSPS) is 11.8. The Morgan fingerprint density at radius 1 is 1.14 bits per heavy atom. The van der Waals surface area contributed by atoms with E-state index in [2.05, 4.69) is 4.98 Å². The number of carbonyl (C=O) groups is 3. The molecule has 150 valence electrons. The molecule has 0 spiro atoms. The summed E-state index contributed by atoms with van der Waals surface area (Å²) in [5.41, 5.74) is 1.96. The van der Waals surface area contributed by atoms with Gasteiger partial charge >= 0.3 is 5.97 Å². The number of likely N-dealkylation sites (N-methyl/N-ethyl adjacent to an activating group) is 1. The minimum atomic E-state index is -0.759. The zero-order chi connectivity index (χ0) is 21.0. The average molecular weight is 388 g/mol. The van der Waals surface area contributed by atoms with E-state index in [1.807, 2.05) is 0 Å². The van der Waals surface area contributed by atoms with Gasteiger partial charge in [-0.25, -0.2) is 9.18 Å². The van der Waals surface area contributed by atoms with E-state index < -0.39 is 17.8 Å². The molecule has 1 amide bonds. The standard InChI is InChI=1S/C21H25FN2O4/c1-6-24(20(26)15-8-10-16(22)11-9-15)14(5)19(25)17-12(3)18(23-13(17)4)21(27)28-7-2/h8-11,14,23H,6-7H2,1-5H3/t14-/m1/s1. The summed E-state index contributed by atoms with van der Waals surface area (Å²) < 4.78 is 18.1. The SMILES string of the molecule is CCOC(=O)c1[nH]c(C)c(C(=O)[C@@H](C)N(CC)C(=O)c2ccc(F)cc2)c1C. The van der Waals surface area contributed by atoms with Crippen LogP contribution < -0.4 is 0 Å². The molecule has 28 heavy (non-hydrogen) atoms. The Labute approximate surface area is 163 Å². The van der Waals surface area contributed by atoms with Crippen LogP contribution in [0.15, 0.2) is 24.3 Å². The lowest BCUT2D eigenvalue weighted by atomic mass is 9.99. The number of benzene rings is 1. The molecule has 1 aromatic carbocycles. The van der Waals surface area contributed by atoms with Crippen LogP contribution in [0.5, 0.6) is 0 Å². The van der Waals surface area contributed by atoms with Crippen LogP contribution in [-0.4, -0.2) is 46.7 Å². The van der Waals surface area contributed by atoms with Crippen LogP contribution in [0.3, 0.4) is 0 Å². The second kappa shape index (κ2) is 8.82. The molecular weight excluding hydrogens is 363 g/mol. The van der Waals surface area contributed by atoms with Crippen LogP contribution in [0.25, 0.3) is 0 Å². The molecule has 1 N–H and O–H groups in total. The number of H-pyrrole nitrogens is 1. The van der Waals surface area contributed by atoms with E-state index in [0.29, 0.717) is 28.9 Å². The molecule has 1 aromatic heterocycles. The number of hydrogen-bond acceptors (Lipinski definition) is 4. The second-order valence-corrected chi connectivity index (χ2v) is 6.48. The number of amides is 1. The van der Waals surface area contributed by atoms with E-state index in [1.165, 1.54) is 29.2 Å². The number of aromatic nitrogens is 1. The predicted octanol–water partition coefficient (Wildman–Crippen LogP) is 3.68. The van der Waals surface area contributed by atoms with Crippen molar-refractivity contribution in [1.82, 2.24) is 9.88 Å². The van der Waals surface area contributed by atoms with Crippen LogP contribution in [-0.2, 0) is 4.74 Å². The molecule has 0 aliphatic carbocycles. The fourth-order valence-electron chi connectivity index (χ4n) is 3.23. The molecule has 0 unspecified atom stereocenters. The van der Waals surface area contributed by atoms with Crippen molar-refractivity contribution in [1.29, 1.82) is 0 Å². The van der Waals surface area contributed by atoms with E-state index in [1.54, 1.807) is 34.6 Å². The minimum absolute atomic E-state index is 0.228. The van der Waals surface area contributed by atoms with Gasteiger partial charge in [0.05, 0.1) is 12.6 Å². The first-order valence-electron chi connectivity index (χ1n) is 9.19. The third-order valence-corrected chi connectivity index (χ3v) is 4.70. The number of aryl methyl sites for hydroxylation is 1. The summed E-state index contributed by atoms with van der Waals surface area (Å²) in [6.45, 7) is 9.02. The summed E-state index contributed by atoms with van der Waals surface area (Å²) >= 11 is 0. The Hall–Kier alpha value is -2.96. The number of ether oxygens (including phenoxy) is 1.